The van der Waals surface area contributed by atoms with E-state index in [1.54, 1.807) is 0 Å². The number of unbranched alkanes of at least 4 members (excludes halogenated alkanes) is 6. The fourth-order valence-corrected chi connectivity index (χ4v) is 1.85. The molecule has 0 saturated heterocycles. The van der Waals surface area contributed by atoms with Gasteiger partial charge >= 0.3 is 11.9 Å². The highest BCUT2D eigenvalue weighted by atomic mass is 16.5. The summed E-state index contributed by atoms with van der Waals surface area (Å²) in [5, 5.41) is 0. The minimum absolute atomic E-state index is 0.123. The first kappa shape index (κ1) is 21.9. The Balaban J connectivity index is 3.35. The van der Waals surface area contributed by atoms with Gasteiger partial charge in [-0.15, -0.1) is 0 Å². The van der Waals surface area contributed by atoms with Crippen molar-refractivity contribution in [2.24, 2.45) is 10.8 Å². The van der Waals surface area contributed by atoms with E-state index >= 15 is 0 Å². The maximum atomic E-state index is 11.6. The van der Waals surface area contributed by atoms with Gasteiger partial charge in [0.15, 0.2) is 0 Å². The van der Waals surface area contributed by atoms with E-state index in [1.165, 1.54) is 6.42 Å². The van der Waals surface area contributed by atoms with Crippen LogP contribution in [0.25, 0.3) is 0 Å². The third kappa shape index (κ3) is 12.1. The van der Waals surface area contributed by atoms with Gasteiger partial charge < -0.3 is 9.47 Å². The molecule has 0 spiro atoms. The highest BCUT2D eigenvalue weighted by Gasteiger charge is 2.23. The van der Waals surface area contributed by atoms with Crippen molar-refractivity contribution in [3.8, 4) is 0 Å². The van der Waals surface area contributed by atoms with Crippen LogP contribution in [0.2, 0.25) is 0 Å². The minimum Gasteiger partial charge on any atom is -0.465 e. The maximum Gasteiger partial charge on any atom is 0.311 e. The number of hydrogen-bond acceptors (Lipinski definition) is 4. The predicted octanol–water partition coefficient (Wildman–Crippen LogP) is 4.90. The average molecular weight is 328 g/mol. The number of ether oxygens (including phenoxy) is 2. The second-order valence-corrected chi connectivity index (χ2v) is 8.25. The molecule has 0 bridgehead atoms. The lowest BCUT2D eigenvalue weighted by molar-refractivity contribution is -0.153. The van der Waals surface area contributed by atoms with Gasteiger partial charge in [0.2, 0.25) is 0 Å². The van der Waals surface area contributed by atoms with Crippen LogP contribution in [0.1, 0.15) is 86.5 Å². The molecular formula is C19H36O4. The SMILES string of the molecule is CC(C)(C)C(=O)OCCCCCCCCCOC(=O)C(C)(C)C. The van der Waals surface area contributed by atoms with Crippen LogP contribution in [-0.4, -0.2) is 25.2 Å². The Morgan fingerprint density at radius 3 is 1.09 bits per heavy atom. The summed E-state index contributed by atoms with van der Waals surface area (Å²) in [4.78, 5) is 23.1. The van der Waals surface area contributed by atoms with Crippen LogP contribution in [0.4, 0.5) is 0 Å². The molecule has 0 aromatic carbocycles. The summed E-state index contributed by atoms with van der Waals surface area (Å²) in [6.07, 6.45) is 7.56. The van der Waals surface area contributed by atoms with E-state index in [1.807, 2.05) is 41.5 Å². The molecule has 4 heteroatoms. The Bertz CT molecular complexity index is 313. The average Bonchev–Trinajstić information content (AvgIpc) is 2.42. The van der Waals surface area contributed by atoms with Gasteiger partial charge in [-0.2, -0.15) is 0 Å². The van der Waals surface area contributed by atoms with Crippen LogP contribution >= 0.6 is 0 Å². The first-order valence-corrected chi connectivity index (χ1v) is 8.89. The highest BCUT2D eigenvalue weighted by molar-refractivity contribution is 5.75. The maximum absolute atomic E-state index is 11.6. The lowest BCUT2D eigenvalue weighted by atomic mass is 9.97. The van der Waals surface area contributed by atoms with Crippen molar-refractivity contribution in [3.63, 3.8) is 0 Å². The Hall–Kier alpha value is -1.06. The first-order valence-electron chi connectivity index (χ1n) is 8.89. The summed E-state index contributed by atoms with van der Waals surface area (Å²) in [7, 11) is 0. The molecule has 0 radical (unpaired) electrons. The molecule has 4 nitrogen and oxygen atoms in total. The molecule has 0 amide bonds. The molecule has 136 valence electrons. The van der Waals surface area contributed by atoms with Crippen LogP contribution < -0.4 is 0 Å². The van der Waals surface area contributed by atoms with Gasteiger partial charge in [0.1, 0.15) is 0 Å². The van der Waals surface area contributed by atoms with E-state index < -0.39 is 10.8 Å². The molecule has 0 saturated carbocycles. The van der Waals surface area contributed by atoms with Crippen LogP contribution in [0, 0.1) is 10.8 Å². The Labute approximate surface area is 142 Å². The molecule has 0 aromatic heterocycles. The number of esters is 2. The molecule has 0 aromatic rings. The molecule has 0 fully saturated rings. The van der Waals surface area contributed by atoms with Crippen LogP contribution in [0.15, 0.2) is 0 Å². The number of hydrogen-bond donors (Lipinski definition) is 0. The van der Waals surface area contributed by atoms with E-state index in [0.29, 0.717) is 13.2 Å². The van der Waals surface area contributed by atoms with E-state index in [9.17, 15) is 9.59 Å². The zero-order valence-electron chi connectivity index (χ0n) is 16.0. The summed E-state index contributed by atoms with van der Waals surface area (Å²) in [5.41, 5.74) is -0.813. The van der Waals surface area contributed by atoms with Gasteiger partial charge in [-0.1, -0.05) is 32.1 Å². The molecule has 0 unspecified atom stereocenters. The molecular weight excluding hydrogens is 292 g/mol. The van der Waals surface area contributed by atoms with Crippen molar-refractivity contribution in [3.05, 3.63) is 0 Å². The van der Waals surface area contributed by atoms with Gasteiger partial charge in [0, 0.05) is 0 Å². The largest absolute Gasteiger partial charge is 0.465 e. The molecule has 0 aliphatic rings. The highest BCUT2D eigenvalue weighted by Crippen LogP contribution is 2.16. The zero-order valence-corrected chi connectivity index (χ0v) is 16.0. The number of carbonyl (C=O) groups is 2. The summed E-state index contributed by atoms with van der Waals surface area (Å²) in [6, 6.07) is 0. The summed E-state index contributed by atoms with van der Waals surface area (Å²) in [6.45, 7) is 12.3. The Morgan fingerprint density at radius 2 is 0.826 bits per heavy atom. The van der Waals surface area contributed by atoms with Gasteiger partial charge in [0.25, 0.3) is 0 Å². The van der Waals surface area contributed by atoms with Gasteiger partial charge in [-0.05, 0) is 54.4 Å². The van der Waals surface area contributed by atoms with Crippen LogP contribution in [0.5, 0.6) is 0 Å². The molecule has 0 rings (SSSR count). The van der Waals surface area contributed by atoms with Crippen LogP contribution in [-0.2, 0) is 19.1 Å². The van der Waals surface area contributed by atoms with E-state index in [0.717, 1.165) is 38.5 Å². The summed E-state index contributed by atoms with van der Waals surface area (Å²) >= 11 is 0. The number of rotatable bonds is 10. The van der Waals surface area contributed by atoms with Crippen molar-refractivity contribution in [1.82, 2.24) is 0 Å². The normalized spacial score (nSPS) is 12.1. The van der Waals surface area contributed by atoms with Crippen molar-refractivity contribution in [2.45, 2.75) is 86.5 Å². The number of carbonyl (C=O) groups excluding carboxylic acids is 2. The van der Waals surface area contributed by atoms with Crippen molar-refractivity contribution >= 4 is 11.9 Å². The molecule has 0 N–H and O–H groups in total. The topological polar surface area (TPSA) is 52.6 Å². The van der Waals surface area contributed by atoms with Gasteiger partial charge in [0.05, 0.1) is 24.0 Å². The summed E-state index contributed by atoms with van der Waals surface area (Å²) < 4.78 is 10.5. The molecule has 0 atom stereocenters. The summed E-state index contributed by atoms with van der Waals surface area (Å²) in [5.74, 6) is -0.246. The van der Waals surface area contributed by atoms with Gasteiger partial charge in [-0.25, -0.2) is 0 Å². The zero-order chi connectivity index (χ0) is 17.9. The van der Waals surface area contributed by atoms with E-state index in [2.05, 4.69) is 0 Å². The second-order valence-electron chi connectivity index (χ2n) is 8.25. The Morgan fingerprint density at radius 1 is 0.565 bits per heavy atom. The minimum atomic E-state index is -0.406. The fraction of sp³-hybridized carbons (Fsp3) is 0.895. The standard InChI is InChI=1S/C19H36O4/c1-18(2,3)16(20)22-14-12-10-8-7-9-11-13-15-23-17(21)19(4,5)6/h7-15H2,1-6H3. The fourth-order valence-electron chi connectivity index (χ4n) is 1.85. The smallest absolute Gasteiger partial charge is 0.311 e. The van der Waals surface area contributed by atoms with Crippen LogP contribution in [0.3, 0.4) is 0 Å². The van der Waals surface area contributed by atoms with Crippen molar-refractivity contribution in [2.75, 3.05) is 13.2 Å². The molecule has 0 aliphatic heterocycles. The third-order valence-corrected chi connectivity index (χ3v) is 3.48. The molecule has 0 aliphatic carbocycles. The van der Waals surface area contributed by atoms with E-state index in [-0.39, 0.29) is 11.9 Å². The third-order valence-electron chi connectivity index (χ3n) is 3.48. The van der Waals surface area contributed by atoms with Crippen molar-refractivity contribution in [1.29, 1.82) is 0 Å². The van der Waals surface area contributed by atoms with Gasteiger partial charge in [-0.3, -0.25) is 9.59 Å². The Kier molecular flexibility index (Phi) is 10.2. The lowest BCUT2D eigenvalue weighted by Crippen LogP contribution is -2.23. The monoisotopic (exact) mass is 328 g/mol. The predicted molar refractivity (Wildman–Crippen MR) is 93.1 cm³/mol. The van der Waals surface area contributed by atoms with Crippen molar-refractivity contribution < 1.29 is 19.1 Å². The lowest BCUT2D eigenvalue weighted by Gasteiger charge is -2.16. The molecule has 0 heterocycles. The first-order chi connectivity index (χ1) is 10.5. The quantitative estimate of drug-likeness (QED) is 0.423. The molecule has 23 heavy (non-hydrogen) atoms. The second kappa shape index (κ2) is 10.7. The van der Waals surface area contributed by atoms with E-state index in [4.69, 9.17) is 9.47 Å².